The largest absolute Gasteiger partial charge is 0.435 e. The number of aromatic nitrogens is 2. The van der Waals surface area contributed by atoms with Gasteiger partial charge in [-0.25, -0.2) is 9.97 Å². The fourth-order valence-electron chi connectivity index (χ4n) is 3.84. The summed E-state index contributed by atoms with van der Waals surface area (Å²) >= 11 is 0. The Labute approximate surface area is 151 Å². The third kappa shape index (κ3) is 3.71. The highest BCUT2D eigenvalue weighted by molar-refractivity contribution is 5.51. The van der Waals surface area contributed by atoms with Crippen LogP contribution in [0, 0.1) is 0 Å². The van der Waals surface area contributed by atoms with E-state index in [-0.39, 0.29) is 11.8 Å². The van der Waals surface area contributed by atoms with Crippen LogP contribution in [0.3, 0.4) is 0 Å². The molecule has 4 rings (SSSR count). The summed E-state index contributed by atoms with van der Waals surface area (Å²) in [4.78, 5) is 11.0. The Hall–Kier alpha value is -2.44. The highest BCUT2D eigenvalue weighted by atomic mass is 19.3. The van der Waals surface area contributed by atoms with Crippen molar-refractivity contribution >= 4 is 11.6 Å². The van der Waals surface area contributed by atoms with Crippen molar-refractivity contribution in [2.45, 2.75) is 44.8 Å². The van der Waals surface area contributed by atoms with Gasteiger partial charge in [-0.3, -0.25) is 0 Å². The minimum atomic E-state index is -2.80. The lowest BCUT2D eigenvalue weighted by atomic mass is 9.87. The molecule has 1 aromatic heterocycles. The van der Waals surface area contributed by atoms with Crippen LogP contribution >= 0.6 is 0 Å². The van der Waals surface area contributed by atoms with Crippen LogP contribution in [-0.2, 0) is 6.42 Å². The Morgan fingerprint density at radius 2 is 1.96 bits per heavy atom. The zero-order valence-corrected chi connectivity index (χ0v) is 14.5. The van der Waals surface area contributed by atoms with E-state index in [2.05, 4.69) is 24.9 Å². The average molecular weight is 360 g/mol. The minimum Gasteiger partial charge on any atom is -0.435 e. The maximum absolute atomic E-state index is 12.4. The van der Waals surface area contributed by atoms with Gasteiger partial charge in [0.1, 0.15) is 23.7 Å². The number of halogens is 2. The number of alkyl halides is 2. The summed E-state index contributed by atoms with van der Waals surface area (Å²) < 4.78 is 29.4. The van der Waals surface area contributed by atoms with Crippen LogP contribution in [0.25, 0.3) is 0 Å². The molecule has 0 amide bonds. The summed E-state index contributed by atoms with van der Waals surface area (Å²) in [5, 5.41) is 3.49. The molecule has 1 aromatic carbocycles. The van der Waals surface area contributed by atoms with Crippen molar-refractivity contribution in [1.29, 1.82) is 0 Å². The molecule has 1 aliphatic heterocycles. The lowest BCUT2D eigenvalue weighted by Crippen LogP contribution is -2.21. The molecular weight excluding hydrogens is 338 g/mol. The van der Waals surface area contributed by atoms with Crippen molar-refractivity contribution in [3.8, 4) is 5.75 Å². The van der Waals surface area contributed by atoms with Gasteiger partial charge in [0.05, 0.1) is 6.04 Å². The summed E-state index contributed by atoms with van der Waals surface area (Å²) in [6, 6.07) is 7.33. The molecule has 26 heavy (non-hydrogen) atoms. The lowest BCUT2D eigenvalue weighted by molar-refractivity contribution is -0.0499. The molecule has 0 radical (unpaired) electrons. The first-order valence-corrected chi connectivity index (χ1v) is 9.10. The van der Waals surface area contributed by atoms with E-state index in [1.165, 1.54) is 12.8 Å². The van der Waals surface area contributed by atoms with E-state index in [9.17, 15) is 8.78 Å². The van der Waals surface area contributed by atoms with Gasteiger partial charge in [0, 0.05) is 19.2 Å². The van der Waals surface area contributed by atoms with Gasteiger partial charge in [-0.05, 0) is 55.4 Å². The SMILES string of the molecule is FC(F)Oc1ccc2c(c1)CCCC2Nc1cc(N2CCCC2)ncn1. The van der Waals surface area contributed by atoms with Crippen molar-refractivity contribution in [1.82, 2.24) is 9.97 Å². The van der Waals surface area contributed by atoms with Crippen LogP contribution < -0.4 is 15.0 Å². The van der Waals surface area contributed by atoms with Gasteiger partial charge in [0.15, 0.2) is 0 Å². The number of ether oxygens (including phenoxy) is 1. The zero-order valence-electron chi connectivity index (χ0n) is 14.5. The molecule has 0 bridgehead atoms. The van der Waals surface area contributed by atoms with Crippen LogP contribution in [-0.4, -0.2) is 29.7 Å². The molecular formula is C19H22F2N4O. The second kappa shape index (κ2) is 7.43. The molecule has 2 heterocycles. The Balaban J connectivity index is 1.52. The third-order valence-electron chi connectivity index (χ3n) is 5.06. The molecule has 5 nitrogen and oxygen atoms in total. The summed E-state index contributed by atoms with van der Waals surface area (Å²) in [6.45, 7) is -0.721. The van der Waals surface area contributed by atoms with Crippen molar-refractivity contribution in [3.63, 3.8) is 0 Å². The van der Waals surface area contributed by atoms with Crippen molar-refractivity contribution < 1.29 is 13.5 Å². The summed E-state index contributed by atoms with van der Waals surface area (Å²) in [6.07, 6.45) is 6.84. The first-order chi connectivity index (χ1) is 12.7. The molecule has 1 unspecified atom stereocenters. The topological polar surface area (TPSA) is 50.3 Å². The molecule has 1 saturated heterocycles. The summed E-state index contributed by atoms with van der Waals surface area (Å²) in [7, 11) is 0. The quantitative estimate of drug-likeness (QED) is 0.867. The molecule has 1 fully saturated rings. The highest BCUT2D eigenvalue weighted by Gasteiger charge is 2.22. The number of aryl methyl sites for hydroxylation is 1. The van der Waals surface area contributed by atoms with Crippen LogP contribution in [0.5, 0.6) is 5.75 Å². The fraction of sp³-hybridized carbons (Fsp3) is 0.474. The highest BCUT2D eigenvalue weighted by Crippen LogP contribution is 2.35. The van der Waals surface area contributed by atoms with Gasteiger partial charge < -0.3 is 15.0 Å². The van der Waals surface area contributed by atoms with Crippen molar-refractivity contribution in [3.05, 3.63) is 41.7 Å². The van der Waals surface area contributed by atoms with Crippen molar-refractivity contribution in [2.75, 3.05) is 23.3 Å². The smallest absolute Gasteiger partial charge is 0.387 e. The third-order valence-corrected chi connectivity index (χ3v) is 5.06. The molecule has 1 atom stereocenters. The molecule has 0 spiro atoms. The van der Waals surface area contributed by atoms with Crippen LogP contribution in [0.2, 0.25) is 0 Å². The first-order valence-electron chi connectivity index (χ1n) is 9.10. The normalized spacial score (nSPS) is 19.5. The average Bonchev–Trinajstić information content (AvgIpc) is 3.16. The minimum absolute atomic E-state index is 0.112. The molecule has 0 saturated carbocycles. The standard InChI is InChI=1S/C19H22F2N4O/c20-19(21)26-14-6-7-15-13(10-14)4-3-5-16(15)24-17-11-18(23-12-22-17)25-8-1-2-9-25/h6-7,10-12,16,19H,1-5,8-9H2,(H,22,23,24). The van der Waals surface area contributed by atoms with Gasteiger partial charge in [0.25, 0.3) is 0 Å². The second-order valence-corrected chi connectivity index (χ2v) is 6.78. The van der Waals surface area contributed by atoms with E-state index < -0.39 is 6.61 Å². The van der Waals surface area contributed by atoms with Crippen LogP contribution in [0.15, 0.2) is 30.6 Å². The number of fused-ring (bicyclic) bond motifs is 1. The Bertz CT molecular complexity index is 765. The number of hydrogen-bond donors (Lipinski definition) is 1. The number of hydrogen-bond acceptors (Lipinski definition) is 5. The number of nitrogens with one attached hydrogen (secondary N) is 1. The van der Waals surface area contributed by atoms with Gasteiger partial charge in [-0.2, -0.15) is 8.78 Å². The van der Waals surface area contributed by atoms with E-state index >= 15 is 0 Å². The maximum atomic E-state index is 12.4. The number of nitrogens with zero attached hydrogens (tertiary/aromatic N) is 3. The zero-order chi connectivity index (χ0) is 17.9. The Morgan fingerprint density at radius 3 is 2.77 bits per heavy atom. The monoisotopic (exact) mass is 360 g/mol. The summed E-state index contributed by atoms with van der Waals surface area (Å²) in [5.74, 6) is 1.97. The number of benzene rings is 1. The molecule has 2 aromatic rings. The Kier molecular flexibility index (Phi) is 4.86. The van der Waals surface area contributed by atoms with E-state index in [1.54, 1.807) is 18.5 Å². The molecule has 2 aliphatic rings. The van der Waals surface area contributed by atoms with Gasteiger partial charge in [0.2, 0.25) is 0 Å². The van der Waals surface area contributed by atoms with Gasteiger partial charge in [-0.1, -0.05) is 6.07 Å². The van der Waals surface area contributed by atoms with Gasteiger partial charge >= 0.3 is 6.61 Å². The maximum Gasteiger partial charge on any atom is 0.387 e. The summed E-state index contributed by atoms with van der Waals surface area (Å²) in [5.41, 5.74) is 2.18. The lowest BCUT2D eigenvalue weighted by Gasteiger charge is -2.27. The van der Waals surface area contributed by atoms with E-state index in [1.807, 2.05) is 12.1 Å². The predicted molar refractivity (Wildman–Crippen MR) is 95.9 cm³/mol. The number of anilines is 2. The van der Waals surface area contributed by atoms with Gasteiger partial charge in [-0.15, -0.1) is 0 Å². The fourth-order valence-corrected chi connectivity index (χ4v) is 3.84. The van der Waals surface area contributed by atoms with Crippen LogP contribution in [0.1, 0.15) is 42.9 Å². The van der Waals surface area contributed by atoms with E-state index in [4.69, 9.17) is 0 Å². The predicted octanol–water partition coefficient (Wildman–Crippen LogP) is 4.17. The Morgan fingerprint density at radius 1 is 1.12 bits per heavy atom. The van der Waals surface area contributed by atoms with Crippen LogP contribution in [0.4, 0.5) is 20.4 Å². The van der Waals surface area contributed by atoms with E-state index in [0.29, 0.717) is 0 Å². The van der Waals surface area contributed by atoms with E-state index in [0.717, 1.165) is 55.1 Å². The molecule has 1 aliphatic carbocycles. The molecule has 138 valence electrons. The first kappa shape index (κ1) is 17.0. The molecule has 7 heteroatoms. The number of rotatable bonds is 5. The van der Waals surface area contributed by atoms with Crippen molar-refractivity contribution in [2.24, 2.45) is 0 Å². The molecule has 1 N–H and O–H groups in total. The second-order valence-electron chi connectivity index (χ2n) is 6.78.